The van der Waals surface area contributed by atoms with Crippen molar-refractivity contribution in [2.75, 3.05) is 17.2 Å². The molecule has 1 atom stereocenters. The van der Waals surface area contributed by atoms with Crippen LogP contribution < -0.4 is 20.1 Å². The van der Waals surface area contributed by atoms with Crippen molar-refractivity contribution in [3.8, 4) is 22.8 Å². The van der Waals surface area contributed by atoms with Gasteiger partial charge >= 0.3 is 0 Å². The Morgan fingerprint density at radius 2 is 2.17 bits per heavy atom. The SMILES string of the molecule is CCc1cccc(OCC(=O)Nc2nc(-c3ccc4c(c3)NC(=O)C(C)O4)cs2)c1. The molecule has 1 aliphatic rings. The number of thiazole rings is 1. The van der Waals surface area contributed by atoms with Crippen LogP contribution in [-0.2, 0) is 16.0 Å². The van der Waals surface area contributed by atoms with Crippen molar-refractivity contribution in [1.82, 2.24) is 4.98 Å². The third-order valence-electron chi connectivity index (χ3n) is 4.63. The maximum atomic E-state index is 12.2. The van der Waals surface area contributed by atoms with Gasteiger partial charge in [-0.15, -0.1) is 11.3 Å². The number of anilines is 2. The highest BCUT2D eigenvalue weighted by molar-refractivity contribution is 7.14. The minimum Gasteiger partial charge on any atom is -0.484 e. The lowest BCUT2D eigenvalue weighted by Crippen LogP contribution is -2.34. The first-order chi connectivity index (χ1) is 14.5. The summed E-state index contributed by atoms with van der Waals surface area (Å²) < 4.78 is 11.1. The lowest BCUT2D eigenvalue weighted by molar-refractivity contribution is -0.122. The Labute approximate surface area is 178 Å². The standard InChI is InChI=1S/C22H21N3O4S/c1-3-14-5-4-6-16(9-14)28-11-20(26)25-22-24-18(12-30-22)15-7-8-19-17(10-15)23-21(27)13(2)29-19/h4-10,12-13H,3,11H2,1-2H3,(H,23,27)(H,24,25,26). The molecule has 8 heteroatoms. The van der Waals surface area contributed by atoms with Crippen LogP contribution in [0.2, 0.25) is 0 Å². The van der Waals surface area contributed by atoms with E-state index in [-0.39, 0.29) is 18.4 Å². The molecule has 0 spiro atoms. The number of nitrogens with zero attached hydrogens (tertiary/aromatic N) is 1. The van der Waals surface area contributed by atoms with Crippen molar-refractivity contribution < 1.29 is 19.1 Å². The zero-order valence-electron chi connectivity index (χ0n) is 16.6. The fraction of sp³-hybridized carbons (Fsp3) is 0.227. The van der Waals surface area contributed by atoms with Crippen molar-refractivity contribution in [3.05, 3.63) is 53.4 Å². The van der Waals surface area contributed by atoms with Crippen molar-refractivity contribution in [3.63, 3.8) is 0 Å². The number of aryl methyl sites for hydroxylation is 1. The van der Waals surface area contributed by atoms with E-state index in [4.69, 9.17) is 9.47 Å². The van der Waals surface area contributed by atoms with Gasteiger partial charge in [0.2, 0.25) is 0 Å². The van der Waals surface area contributed by atoms with Crippen molar-refractivity contribution in [2.45, 2.75) is 26.4 Å². The number of nitrogens with one attached hydrogen (secondary N) is 2. The van der Waals surface area contributed by atoms with Crippen molar-refractivity contribution in [1.29, 1.82) is 0 Å². The van der Waals surface area contributed by atoms with E-state index in [9.17, 15) is 9.59 Å². The topological polar surface area (TPSA) is 89.5 Å². The van der Waals surface area contributed by atoms with Crippen molar-refractivity contribution >= 4 is 34.0 Å². The predicted molar refractivity (Wildman–Crippen MR) is 116 cm³/mol. The quantitative estimate of drug-likeness (QED) is 0.623. The van der Waals surface area contributed by atoms with E-state index in [0.29, 0.717) is 28.0 Å². The molecule has 0 aliphatic carbocycles. The van der Waals surface area contributed by atoms with Gasteiger partial charge in [0, 0.05) is 10.9 Å². The van der Waals surface area contributed by atoms with E-state index in [0.717, 1.165) is 17.5 Å². The number of aromatic nitrogens is 1. The van der Waals surface area contributed by atoms with Gasteiger partial charge < -0.3 is 14.8 Å². The van der Waals surface area contributed by atoms with E-state index in [2.05, 4.69) is 22.5 Å². The fourth-order valence-corrected chi connectivity index (χ4v) is 3.73. The summed E-state index contributed by atoms with van der Waals surface area (Å²) in [6.07, 6.45) is 0.388. The molecule has 2 N–H and O–H groups in total. The van der Waals surface area contributed by atoms with Crippen LogP contribution >= 0.6 is 11.3 Å². The molecule has 0 saturated carbocycles. The first-order valence-electron chi connectivity index (χ1n) is 9.61. The molecular weight excluding hydrogens is 402 g/mol. The maximum Gasteiger partial charge on any atom is 0.265 e. The normalized spacial score (nSPS) is 15.0. The van der Waals surface area contributed by atoms with Gasteiger partial charge in [0.05, 0.1) is 11.4 Å². The molecule has 0 bridgehead atoms. The molecule has 30 heavy (non-hydrogen) atoms. The zero-order valence-corrected chi connectivity index (χ0v) is 17.4. The Bertz CT molecular complexity index is 1100. The Morgan fingerprint density at radius 1 is 1.30 bits per heavy atom. The number of benzene rings is 2. The second-order valence-electron chi connectivity index (χ2n) is 6.84. The summed E-state index contributed by atoms with van der Waals surface area (Å²) in [5.74, 6) is 0.823. The number of carbonyl (C=O) groups is 2. The number of hydrogen-bond donors (Lipinski definition) is 2. The summed E-state index contributed by atoms with van der Waals surface area (Å²) >= 11 is 1.32. The number of fused-ring (bicyclic) bond motifs is 1. The molecular formula is C22H21N3O4S. The van der Waals surface area contributed by atoms with Crippen LogP contribution in [0.1, 0.15) is 19.4 Å². The van der Waals surface area contributed by atoms with Crippen LogP contribution in [0, 0.1) is 0 Å². The second kappa shape index (κ2) is 8.54. The smallest absolute Gasteiger partial charge is 0.265 e. The number of hydrogen-bond acceptors (Lipinski definition) is 6. The number of rotatable bonds is 6. The predicted octanol–water partition coefficient (Wildman–Crippen LogP) is 4.11. The molecule has 1 aromatic heterocycles. The Morgan fingerprint density at radius 3 is 3.00 bits per heavy atom. The molecule has 1 aliphatic heterocycles. The lowest BCUT2D eigenvalue weighted by Gasteiger charge is -2.23. The van der Waals surface area contributed by atoms with Gasteiger partial charge in [0.15, 0.2) is 17.8 Å². The molecule has 2 aromatic carbocycles. The minimum absolute atomic E-state index is 0.0948. The van der Waals surface area contributed by atoms with Crippen LogP contribution in [0.4, 0.5) is 10.8 Å². The summed E-state index contributed by atoms with van der Waals surface area (Å²) in [5, 5.41) is 7.90. The molecule has 4 rings (SSSR count). The van der Waals surface area contributed by atoms with E-state index in [1.807, 2.05) is 41.8 Å². The lowest BCUT2D eigenvalue weighted by atomic mass is 10.1. The third-order valence-corrected chi connectivity index (χ3v) is 5.39. The first kappa shape index (κ1) is 19.9. The summed E-state index contributed by atoms with van der Waals surface area (Å²) in [4.78, 5) is 28.5. The van der Waals surface area contributed by atoms with Gasteiger partial charge in [-0.05, 0) is 49.2 Å². The van der Waals surface area contributed by atoms with E-state index >= 15 is 0 Å². The Balaban J connectivity index is 1.39. The van der Waals surface area contributed by atoms with Gasteiger partial charge in [-0.3, -0.25) is 14.9 Å². The summed E-state index contributed by atoms with van der Waals surface area (Å²) in [6.45, 7) is 3.67. The molecule has 154 valence electrons. The molecule has 0 saturated heterocycles. The second-order valence-corrected chi connectivity index (χ2v) is 7.69. The number of ether oxygens (including phenoxy) is 2. The molecule has 2 amide bonds. The monoisotopic (exact) mass is 423 g/mol. The van der Waals surface area contributed by atoms with E-state index in [1.165, 1.54) is 11.3 Å². The molecule has 1 unspecified atom stereocenters. The average Bonchev–Trinajstić information content (AvgIpc) is 3.21. The van der Waals surface area contributed by atoms with Crippen LogP contribution in [0.15, 0.2) is 47.8 Å². The number of amides is 2. The Hall–Kier alpha value is -3.39. The van der Waals surface area contributed by atoms with Gasteiger partial charge in [-0.2, -0.15) is 0 Å². The molecule has 0 fully saturated rings. The average molecular weight is 423 g/mol. The van der Waals surface area contributed by atoms with Gasteiger partial charge in [0.25, 0.3) is 11.8 Å². The maximum absolute atomic E-state index is 12.2. The van der Waals surface area contributed by atoms with E-state index < -0.39 is 6.10 Å². The zero-order chi connectivity index (χ0) is 21.1. The summed E-state index contributed by atoms with van der Waals surface area (Å²) in [5.41, 5.74) is 3.27. The van der Waals surface area contributed by atoms with Gasteiger partial charge in [-0.25, -0.2) is 4.98 Å². The van der Waals surface area contributed by atoms with Gasteiger partial charge in [-0.1, -0.05) is 19.1 Å². The Kier molecular flexibility index (Phi) is 5.67. The molecule has 7 nitrogen and oxygen atoms in total. The molecule has 3 aromatic rings. The van der Waals surface area contributed by atoms with Crippen LogP contribution in [0.5, 0.6) is 11.5 Å². The highest BCUT2D eigenvalue weighted by Crippen LogP contribution is 2.34. The molecule has 0 radical (unpaired) electrons. The highest BCUT2D eigenvalue weighted by atomic mass is 32.1. The fourth-order valence-electron chi connectivity index (χ4n) is 2.99. The highest BCUT2D eigenvalue weighted by Gasteiger charge is 2.24. The largest absolute Gasteiger partial charge is 0.484 e. The van der Waals surface area contributed by atoms with Crippen LogP contribution in [0.3, 0.4) is 0 Å². The minimum atomic E-state index is -0.517. The van der Waals surface area contributed by atoms with Crippen LogP contribution in [0.25, 0.3) is 11.3 Å². The third kappa shape index (κ3) is 4.44. The van der Waals surface area contributed by atoms with Gasteiger partial charge in [0.1, 0.15) is 11.5 Å². The van der Waals surface area contributed by atoms with E-state index in [1.54, 1.807) is 13.0 Å². The summed E-state index contributed by atoms with van der Waals surface area (Å²) in [6, 6.07) is 13.2. The number of carbonyl (C=O) groups excluding carboxylic acids is 2. The molecule has 2 heterocycles. The summed E-state index contributed by atoms with van der Waals surface area (Å²) in [7, 11) is 0. The van der Waals surface area contributed by atoms with Crippen LogP contribution in [-0.4, -0.2) is 29.5 Å². The first-order valence-corrected chi connectivity index (χ1v) is 10.5. The van der Waals surface area contributed by atoms with Crippen molar-refractivity contribution in [2.24, 2.45) is 0 Å².